The SMILES string of the molecule is CN1C(N)=Nc2cc(-c3ccccc3-c3ccccc3)ccc2C1N. The van der Waals surface area contributed by atoms with Gasteiger partial charge in [-0.15, -0.1) is 0 Å². The lowest BCUT2D eigenvalue weighted by atomic mass is 9.93. The minimum Gasteiger partial charge on any atom is -0.369 e. The van der Waals surface area contributed by atoms with Gasteiger partial charge in [-0.2, -0.15) is 0 Å². The first kappa shape index (κ1) is 15.4. The van der Waals surface area contributed by atoms with E-state index in [9.17, 15) is 0 Å². The molecule has 1 unspecified atom stereocenters. The number of nitrogens with two attached hydrogens (primary N) is 2. The Morgan fingerprint density at radius 1 is 0.840 bits per heavy atom. The first-order valence-corrected chi connectivity index (χ1v) is 8.26. The molecule has 0 bridgehead atoms. The van der Waals surface area contributed by atoms with Gasteiger partial charge in [0.25, 0.3) is 0 Å². The van der Waals surface area contributed by atoms with Gasteiger partial charge in [0.2, 0.25) is 0 Å². The number of hydrogen-bond acceptors (Lipinski definition) is 4. The van der Waals surface area contributed by atoms with Crippen molar-refractivity contribution in [1.82, 2.24) is 4.90 Å². The summed E-state index contributed by atoms with van der Waals surface area (Å²) in [4.78, 5) is 6.28. The Balaban J connectivity index is 1.85. The lowest BCUT2D eigenvalue weighted by Crippen LogP contribution is -2.42. The van der Waals surface area contributed by atoms with E-state index in [4.69, 9.17) is 11.5 Å². The van der Waals surface area contributed by atoms with Gasteiger partial charge in [-0.1, -0.05) is 66.7 Å². The minimum atomic E-state index is -0.272. The molecule has 3 aromatic rings. The van der Waals surface area contributed by atoms with Crippen molar-refractivity contribution >= 4 is 11.6 Å². The Labute approximate surface area is 147 Å². The van der Waals surface area contributed by atoms with Crippen LogP contribution in [0.4, 0.5) is 5.69 Å². The molecule has 0 saturated heterocycles. The Morgan fingerprint density at radius 2 is 1.48 bits per heavy atom. The van der Waals surface area contributed by atoms with Gasteiger partial charge in [0, 0.05) is 12.6 Å². The third-order valence-electron chi connectivity index (χ3n) is 4.69. The molecule has 25 heavy (non-hydrogen) atoms. The van der Waals surface area contributed by atoms with Crippen molar-refractivity contribution in [2.24, 2.45) is 16.5 Å². The first-order valence-electron chi connectivity index (χ1n) is 8.26. The second-order valence-electron chi connectivity index (χ2n) is 6.21. The fourth-order valence-electron chi connectivity index (χ4n) is 3.22. The highest BCUT2D eigenvalue weighted by molar-refractivity contribution is 5.88. The van der Waals surface area contributed by atoms with Gasteiger partial charge in [0.15, 0.2) is 5.96 Å². The summed E-state index contributed by atoms with van der Waals surface area (Å²) in [6.07, 6.45) is -0.272. The molecule has 0 radical (unpaired) electrons. The highest BCUT2D eigenvalue weighted by atomic mass is 15.3. The average molecular weight is 328 g/mol. The summed E-state index contributed by atoms with van der Waals surface area (Å²) >= 11 is 0. The van der Waals surface area contributed by atoms with E-state index in [-0.39, 0.29) is 6.17 Å². The van der Waals surface area contributed by atoms with E-state index < -0.39 is 0 Å². The van der Waals surface area contributed by atoms with Gasteiger partial charge < -0.3 is 16.4 Å². The molecule has 4 N–H and O–H groups in total. The molecule has 124 valence electrons. The van der Waals surface area contributed by atoms with Crippen LogP contribution >= 0.6 is 0 Å². The van der Waals surface area contributed by atoms with E-state index in [0.717, 1.165) is 22.4 Å². The smallest absolute Gasteiger partial charge is 0.197 e. The average Bonchev–Trinajstić information content (AvgIpc) is 2.66. The van der Waals surface area contributed by atoms with E-state index in [1.807, 2.05) is 19.2 Å². The van der Waals surface area contributed by atoms with Gasteiger partial charge >= 0.3 is 0 Å². The number of hydrogen-bond donors (Lipinski definition) is 2. The molecule has 4 rings (SSSR count). The molecular weight excluding hydrogens is 308 g/mol. The molecule has 3 aromatic carbocycles. The van der Waals surface area contributed by atoms with E-state index in [2.05, 4.69) is 65.7 Å². The molecule has 1 atom stereocenters. The first-order chi connectivity index (χ1) is 12.1. The quantitative estimate of drug-likeness (QED) is 0.750. The Morgan fingerprint density at radius 3 is 2.20 bits per heavy atom. The van der Waals surface area contributed by atoms with Crippen molar-refractivity contribution in [3.63, 3.8) is 0 Å². The molecule has 0 saturated carbocycles. The van der Waals surface area contributed by atoms with Crippen LogP contribution in [0.3, 0.4) is 0 Å². The third kappa shape index (κ3) is 2.66. The summed E-state index contributed by atoms with van der Waals surface area (Å²) in [6, 6.07) is 25.0. The minimum absolute atomic E-state index is 0.272. The van der Waals surface area contributed by atoms with Crippen LogP contribution in [0.5, 0.6) is 0 Å². The van der Waals surface area contributed by atoms with Crippen LogP contribution in [0.2, 0.25) is 0 Å². The summed E-state index contributed by atoms with van der Waals surface area (Å²) < 4.78 is 0. The molecule has 1 aliphatic rings. The van der Waals surface area contributed by atoms with Crippen LogP contribution in [0.15, 0.2) is 77.8 Å². The molecule has 0 aromatic heterocycles. The zero-order valence-corrected chi connectivity index (χ0v) is 14.1. The van der Waals surface area contributed by atoms with Crippen molar-refractivity contribution < 1.29 is 0 Å². The maximum absolute atomic E-state index is 6.26. The predicted octanol–water partition coefficient (Wildman–Crippen LogP) is 3.87. The number of aliphatic imine (C=N–C) groups is 1. The summed E-state index contributed by atoms with van der Waals surface area (Å²) in [7, 11) is 1.85. The van der Waals surface area contributed by atoms with Crippen LogP contribution in [0, 0.1) is 0 Å². The van der Waals surface area contributed by atoms with Gasteiger partial charge in [0.05, 0.1) is 5.69 Å². The van der Waals surface area contributed by atoms with Crippen molar-refractivity contribution in [3.05, 3.63) is 78.4 Å². The summed E-state index contributed by atoms with van der Waals surface area (Å²) in [6.45, 7) is 0. The van der Waals surface area contributed by atoms with Crippen LogP contribution in [-0.2, 0) is 0 Å². The number of guanidine groups is 1. The highest BCUT2D eigenvalue weighted by Gasteiger charge is 2.23. The van der Waals surface area contributed by atoms with Crippen molar-refractivity contribution in [3.8, 4) is 22.3 Å². The van der Waals surface area contributed by atoms with Crippen molar-refractivity contribution in [2.45, 2.75) is 6.17 Å². The fourth-order valence-corrected chi connectivity index (χ4v) is 3.22. The summed E-state index contributed by atoms with van der Waals surface area (Å²) in [5, 5.41) is 0. The summed E-state index contributed by atoms with van der Waals surface area (Å²) in [5.41, 5.74) is 18.7. The number of fused-ring (bicyclic) bond motifs is 1. The molecule has 0 amide bonds. The van der Waals surface area contributed by atoms with Gasteiger partial charge in [0.1, 0.15) is 6.17 Å². The molecule has 4 heteroatoms. The van der Waals surface area contributed by atoms with E-state index in [0.29, 0.717) is 5.96 Å². The highest BCUT2D eigenvalue weighted by Crippen LogP contribution is 2.37. The lowest BCUT2D eigenvalue weighted by Gasteiger charge is -2.31. The molecule has 0 spiro atoms. The predicted molar refractivity (Wildman–Crippen MR) is 103 cm³/mol. The number of nitrogens with zero attached hydrogens (tertiary/aromatic N) is 2. The fraction of sp³-hybridized carbons (Fsp3) is 0.0952. The molecule has 1 heterocycles. The van der Waals surface area contributed by atoms with Gasteiger partial charge in [-0.3, -0.25) is 0 Å². The second-order valence-corrected chi connectivity index (χ2v) is 6.21. The Hall–Kier alpha value is -3.11. The molecular formula is C21H20N4. The van der Waals surface area contributed by atoms with Crippen LogP contribution in [0.25, 0.3) is 22.3 Å². The van der Waals surface area contributed by atoms with Gasteiger partial charge in [-0.25, -0.2) is 4.99 Å². The van der Waals surface area contributed by atoms with Crippen molar-refractivity contribution in [2.75, 3.05) is 7.05 Å². The van der Waals surface area contributed by atoms with E-state index in [1.54, 1.807) is 4.90 Å². The van der Waals surface area contributed by atoms with Crippen molar-refractivity contribution in [1.29, 1.82) is 0 Å². The largest absolute Gasteiger partial charge is 0.369 e. The maximum atomic E-state index is 6.26. The van der Waals surface area contributed by atoms with Crippen LogP contribution in [-0.4, -0.2) is 17.9 Å². The van der Waals surface area contributed by atoms with Crippen LogP contribution < -0.4 is 11.5 Å². The Kier molecular flexibility index (Phi) is 3.75. The third-order valence-corrected chi connectivity index (χ3v) is 4.69. The molecule has 4 nitrogen and oxygen atoms in total. The van der Waals surface area contributed by atoms with Gasteiger partial charge in [-0.05, 0) is 28.3 Å². The molecule has 0 fully saturated rings. The standard InChI is InChI=1S/C21H20N4/c1-25-20(22)18-12-11-15(13-19(18)24-21(25)23)17-10-6-5-9-16(17)14-7-3-2-4-8-14/h2-13,20H,22H2,1H3,(H2,23,24). The normalized spacial score (nSPS) is 16.3. The zero-order chi connectivity index (χ0) is 17.4. The molecule has 1 aliphatic heterocycles. The summed E-state index contributed by atoms with van der Waals surface area (Å²) in [5.74, 6) is 0.438. The second kappa shape index (κ2) is 6.07. The Bertz CT molecular complexity index is 947. The van der Waals surface area contributed by atoms with Crippen LogP contribution in [0.1, 0.15) is 11.7 Å². The number of benzene rings is 3. The monoisotopic (exact) mass is 328 g/mol. The van der Waals surface area contributed by atoms with E-state index in [1.165, 1.54) is 11.1 Å². The topological polar surface area (TPSA) is 67.6 Å². The lowest BCUT2D eigenvalue weighted by molar-refractivity contribution is 0.375. The zero-order valence-electron chi connectivity index (χ0n) is 14.1. The van der Waals surface area contributed by atoms with E-state index >= 15 is 0 Å². The maximum Gasteiger partial charge on any atom is 0.197 e. The molecule has 0 aliphatic carbocycles. The number of rotatable bonds is 2.